The van der Waals surface area contributed by atoms with Crippen LogP contribution >= 0.6 is 11.6 Å². The molecule has 15 heavy (non-hydrogen) atoms. The van der Waals surface area contributed by atoms with Crippen molar-refractivity contribution in [2.24, 2.45) is 5.92 Å². The molecule has 82 valence electrons. The van der Waals surface area contributed by atoms with Gasteiger partial charge in [-0.15, -0.1) is 11.6 Å². The van der Waals surface area contributed by atoms with E-state index in [1.54, 1.807) is 0 Å². The van der Waals surface area contributed by atoms with E-state index in [0.29, 0.717) is 11.3 Å². The Morgan fingerprint density at radius 3 is 2.47 bits per heavy atom. The topological polar surface area (TPSA) is 0 Å². The van der Waals surface area contributed by atoms with Crippen LogP contribution in [0.5, 0.6) is 0 Å². The average Bonchev–Trinajstić information content (AvgIpc) is 2.25. The van der Waals surface area contributed by atoms with Crippen molar-refractivity contribution in [2.75, 3.05) is 0 Å². The zero-order valence-corrected chi connectivity index (χ0v) is 10.1. The van der Waals surface area contributed by atoms with Crippen LogP contribution in [0.1, 0.15) is 36.8 Å². The molecule has 0 N–H and O–H groups in total. The molecule has 2 atom stereocenters. The van der Waals surface area contributed by atoms with Gasteiger partial charge in [0.25, 0.3) is 0 Å². The van der Waals surface area contributed by atoms with E-state index >= 15 is 0 Å². The molecule has 1 aromatic rings. The van der Waals surface area contributed by atoms with Gasteiger partial charge in [0.2, 0.25) is 0 Å². The van der Waals surface area contributed by atoms with Gasteiger partial charge >= 0.3 is 0 Å². The number of aryl methyl sites for hydroxylation is 1. The van der Waals surface area contributed by atoms with Crippen molar-refractivity contribution in [1.29, 1.82) is 0 Å². The molecule has 1 saturated carbocycles. The quantitative estimate of drug-likeness (QED) is 0.654. The summed E-state index contributed by atoms with van der Waals surface area (Å²) in [5.74, 6) is 0.697. The molecule has 0 nitrogen and oxygen atoms in total. The van der Waals surface area contributed by atoms with Gasteiger partial charge in [-0.3, -0.25) is 0 Å². The first-order valence-electron chi connectivity index (χ1n) is 5.95. The highest BCUT2D eigenvalue weighted by Crippen LogP contribution is 2.31. The molecule has 0 amide bonds. The van der Waals surface area contributed by atoms with Gasteiger partial charge in [-0.25, -0.2) is 0 Å². The third-order valence-electron chi connectivity index (χ3n) is 3.43. The minimum absolute atomic E-state index is 0.403. The van der Waals surface area contributed by atoms with Crippen LogP contribution in [-0.4, -0.2) is 5.38 Å². The lowest BCUT2D eigenvalue weighted by Crippen LogP contribution is -2.21. The van der Waals surface area contributed by atoms with Crippen LogP contribution < -0.4 is 0 Å². The molecular formula is C14H19Cl. The van der Waals surface area contributed by atoms with Crippen LogP contribution in [0.3, 0.4) is 0 Å². The van der Waals surface area contributed by atoms with E-state index in [2.05, 4.69) is 31.2 Å². The first kappa shape index (κ1) is 11.0. The Morgan fingerprint density at radius 1 is 1.13 bits per heavy atom. The lowest BCUT2D eigenvalue weighted by atomic mass is 9.84. The summed E-state index contributed by atoms with van der Waals surface area (Å²) in [6.07, 6.45) is 6.35. The van der Waals surface area contributed by atoms with Crippen molar-refractivity contribution in [1.82, 2.24) is 0 Å². The minimum Gasteiger partial charge on any atom is -0.123 e. The van der Waals surface area contributed by atoms with Gasteiger partial charge in [0.15, 0.2) is 0 Å². The summed E-state index contributed by atoms with van der Waals surface area (Å²) in [6, 6.07) is 8.88. The zero-order chi connectivity index (χ0) is 10.7. The summed E-state index contributed by atoms with van der Waals surface area (Å²) in [6.45, 7) is 2.13. The van der Waals surface area contributed by atoms with E-state index in [4.69, 9.17) is 11.6 Å². The summed E-state index contributed by atoms with van der Waals surface area (Å²) < 4.78 is 0. The molecule has 0 heterocycles. The molecule has 1 fully saturated rings. The first-order chi connectivity index (χ1) is 7.25. The maximum Gasteiger partial charge on any atom is 0.0367 e. The highest BCUT2D eigenvalue weighted by molar-refractivity contribution is 6.20. The molecule has 0 aromatic heterocycles. The fourth-order valence-corrected chi connectivity index (χ4v) is 2.79. The Balaban J connectivity index is 1.98. The number of hydrogen-bond donors (Lipinski definition) is 0. The molecule has 1 heteroatoms. The molecule has 0 aliphatic heterocycles. The van der Waals surface area contributed by atoms with E-state index in [1.807, 2.05) is 0 Å². The monoisotopic (exact) mass is 222 g/mol. The maximum atomic E-state index is 6.36. The zero-order valence-electron chi connectivity index (χ0n) is 9.38. The molecule has 1 aliphatic rings. The predicted octanol–water partition coefficient (Wildman–Crippen LogP) is 4.34. The number of hydrogen-bond acceptors (Lipinski definition) is 0. The summed E-state index contributed by atoms with van der Waals surface area (Å²) in [5.41, 5.74) is 2.78. The van der Waals surface area contributed by atoms with Crippen molar-refractivity contribution in [2.45, 2.75) is 44.4 Å². The number of benzene rings is 1. The SMILES string of the molecule is Cc1ccc(CC2CCCCC2Cl)cc1. The molecule has 0 saturated heterocycles. The summed E-state index contributed by atoms with van der Waals surface area (Å²) in [7, 11) is 0. The van der Waals surface area contributed by atoms with E-state index in [1.165, 1.54) is 36.8 Å². The van der Waals surface area contributed by atoms with Gasteiger partial charge < -0.3 is 0 Å². The van der Waals surface area contributed by atoms with Crippen LogP contribution in [0.2, 0.25) is 0 Å². The molecule has 2 unspecified atom stereocenters. The van der Waals surface area contributed by atoms with Crippen molar-refractivity contribution < 1.29 is 0 Å². The Bertz CT molecular complexity index is 302. The fraction of sp³-hybridized carbons (Fsp3) is 0.571. The van der Waals surface area contributed by atoms with E-state index < -0.39 is 0 Å². The van der Waals surface area contributed by atoms with Gasteiger partial charge in [0.05, 0.1) is 0 Å². The van der Waals surface area contributed by atoms with Crippen LogP contribution in [0.4, 0.5) is 0 Å². The van der Waals surface area contributed by atoms with Crippen LogP contribution in [0, 0.1) is 12.8 Å². The Hall–Kier alpha value is -0.490. The van der Waals surface area contributed by atoms with Crippen LogP contribution in [0.15, 0.2) is 24.3 Å². The Kier molecular flexibility index (Phi) is 3.69. The lowest BCUT2D eigenvalue weighted by Gasteiger charge is -2.27. The van der Waals surface area contributed by atoms with Gasteiger partial charge in [-0.1, -0.05) is 42.7 Å². The number of rotatable bonds is 2. The smallest absolute Gasteiger partial charge is 0.0367 e. The van der Waals surface area contributed by atoms with Crippen LogP contribution in [-0.2, 0) is 6.42 Å². The predicted molar refractivity (Wildman–Crippen MR) is 66.5 cm³/mol. The number of halogens is 1. The standard InChI is InChI=1S/C14H19Cl/c1-11-6-8-12(9-7-11)10-13-4-2-3-5-14(13)15/h6-9,13-14H,2-5,10H2,1H3. The van der Waals surface area contributed by atoms with Gasteiger partial charge in [-0.05, 0) is 37.7 Å². The molecule has 2 rings (SSSR count). The highest BCUT2D eigenvalue weighted by atomic mass is 35.5. The second-order valence-corrected chi connectivity index (χ2v) is 5.31. The van der Waals surface area contributed by atoms with Crippen molar-refractivity contribution in [3.63, 3.8) is 0 Å². The second kappa shape index (κ2) is 5.03. The van der Waals surface area contributed by atoms with Gasteiger partial charge in [-0.2, -0.15) is 0 Å². The van der Waals surface area contributed by atoms with Crippen molar-refractivity contribution >= 4 is 11.6 Å². The molecule has 0 bridgehead atoms. The fourth-order valence-electron chi connectivity index (χ4n) is 2.42. The second-order valence-electron chi connectivity index (χ2n) is 4.75. The lowest BCUT2D eigenvalue weighted by molar-refractivity contribution is 0.364. The van der Waals surface area contributed by atoms with E-state index in [0.717, 1.165) is 6.42 Å². The maximum absolute atomic E-state index is 6.36. The summed E-state index contributed by atoms with van der Waals surface area (Å²) >= 11 is 6.36. The van der Waals surface area contributed by atoms with Crippen LogP contribution in [0.25, 0.3) is 0 Å². The largest absolute Gasteiger partial charge is 0.123 e. The third-order valence-corrected chi connectivity index (χ3v) is 4.01. The highest BCUT2D eigenvalue weighted by Gasteiger charge is 2.22. The van der Waals surface area contributed by atoms with Gasteiger partial charge in [0.1, 0.15) is 0 Å². The van der Waals surface area contributed by atoms with Crippen molar-refractivity contribution in [3.8, 4) is 0 Å². The van der Waals surface area contributed by atoms with E-state index in [9.17, 15) is 0 Å². The number of alkyl halides is 1. The molecule has 1 aromatic carbocycles. The minimum atomic E-state index is 0.403. The first-order valence-corrected chi connectivity index (χ1v) is 6.39. The van der Waals surface area contributed by atoms with Crippen molar-refractivity contribution in [3.05, 3.63) is 35.4 Å². The molecular weight excluding hydrogens is 204 g/mol. The third kappa shape index (κ3) is 2.98. The van der Waals surface area contributed by atoms with Gasteiger partial charge in [0, 0.05) is 5.38 Å². The van der Waals surface area contributed by atoms with E-state index in [-0.39, 0.29) is 0 Å². The Morgan fingerprint density at radius 2 is 1.80 bits per heavy atom. The molecule has 0 spiro atoms. The molecule has 0 radical (unpaired) electrons. The average molecular weight is 223 g/mol. The summed E-state index contributed by atoms with van der Waals surface area (Å²) in [4.78, 5) is 0. The molecule has 1 aliphatic carbocycles. The summed E-state index contributed by atoms with van der Waals surface area (Å²) in [5, 5.41) is 0.403. The Labute approximate surface area is 97.6 Å². The normalized spacial score (nSPS) is 26.5.